The minimum Gasteiger partial charge on any atom is -0.450 e. The smallest absolute Gasteiger partial charge is 0.165 e. The van der Waals surface area contributed by atoms with Crippen molar-refractivity contribution in [3.8, 4) is 0 Å². The molecule has 1 aliphatic rings. The molecule has 0 aliphatic carbocycles. The van der Waals surface area contributed by atoms with Crippen molar-refractivity contribution >= 4 is 0 Å². The van der Waals surface area contributed by atoms with Crippen LogP contribution in [0.4, 0.5) is 0 Å². The molecule has 0 bridgehead atoms. The Balaban J connectivity index is 2.40. The number of ether oxygens (including phenoxy) is 1. The SMILES string of the molecule is CCC=C1OC1=CCC. The van der Waals surface area contributed by atoms with Crippen LogP contribution < -0.4 is 0 Å². The predicted molar refractivity (Wildman–Crippen MR) is 37.8 cm³/mol. The van der Waals surface area contributed by atoms with E-state index in [0.29, 0.717) is 0 Å². The minimum absolute atomic E-state index is 1.07. The third kappa shape index (κ3) is 1.60. The third-order valence-corrected chi connectivity index (χ3v) is 1.20. The van der Waals surface area contributed by atoms with E-state index in [1.807, 2.05) is 0 Å². The first kappa shape index (κ1) is 6.40. The zero-order valence-corrected chi connectivity index (χ0v) is 5.98. The molecule has 0 saturated carbocycles. The van der Waals surface area contributed by atoms with Crippen molar-refractivity contribution in [1.29, 1.82) is 0 Å². The summed E-state index contributed by atoms with van der Waals surface area (Å²) in [5.74, 6) is 2.17. The minimum atomic E-state index is 1.07. The summed E-state index contributed by atoms with van der Waals surface area (Å²) in [7, 11) is 0. The fraction of sp³-hybridized carbons (Fsp3) is 0.500. The Hall–Kier alpha value is -0.720. The van der Waals surface area contributed by atoms with Gasteiger partial charge in [-0.3, -0.25) is 0 Å². The first-order valence-electron chi connectivity index (χ1n) is 3.47. The van der Waals surface area contributed by atoms with Gasteiger partial charge in [-0.05, 0) is 25.0 Å². The highest BCUT2D eigenvalue weighted by molar-refractivity contribution is 5.34. The molecular weight excluding hydrogens is 112 g/mol. The fourth-order valence-electron chi connectivity index (χ4n) is 0.748. The first-order valence-corrected chi connectivity index (χ1v) is 3.47. The lowest BCUT2D eigenvalue weighted by molar-refractivity contribution is 0.551. The highest BCUT2D eigenvalue weighted by atomic mass is 16.6. The number of hydrogen-bond donors (Lipinski definition) is 0. The van der Waals surface area contributed by atoms with Crippen molar-refractivity contribution in [2.75, 3.05) is 0 Å². The lowest BCUT2D eigenvalue weighted by Crippen LogP contribution is -1.52. The van der Waals surface area contributed by atoms with Gasteiger partial charge in [-0.25, -0.2) is 0 Å². The maximum atomic E-state index is 5.12. The number of epoxide rings is 1. The summed E-state index contributed by atoms with van der Waals surface area (Å²) < 4.78 is 5.12. The number of rotatable bonds is 2. The molecular formula is C8H12O. The normalized spacial score (nSPS) is 24.7. The predicted octanol–water partition coefficient (Wildman–Crippen LogP) is 2.60. The van der Waals surface area contributed by atoms with Gasteiger partial charge < -0.3 is 4.74 Å². The Labute approximate surface area is 56.0 Å². The lowest BCUT2D eigenvalue weighted by Gasteiger charge is -1.65. The summed E-state index contributed by atoms with van der Waals surface area (Å²) >= 11 is 0. The van der Waals surface area contributed by atoms with Crippen LogP contribution in [-0.4, -0.2) is 0 Å². The van der Waals surface area contributed by atoms with Crippen LogP contribution in [0.1, 0.15) is 26.7 Å². The van der Waals surface area contributed by atoms with Crippen molar-refractivity contribution < 1.29 is 4.74 Å². The highest BCUT2D eigenvalue weighted by Gasteiger charge is 2.21. The second-order valence-corrected chi connectivity index (χ2v) is 2.06. The second kappa shape index (κ2) is 2.72. The van der Waals surface area contributed by atoms with E-state index in [1.54, 1.807) is 0 Å². The van der Waals surface area contributed by atoms with E-state index < -0.39 is 0 Å². The third-order valence-electron chi connectivity index (χ3n) is 1.20. The Bertz CT molecular complexity index is 136. The van der Waals surface area contributed by atoms with E-state index >= 15 is 0 Å². The van der Waals surface area contributed by atoms with Crippen molar-refractivity contribution in [3.05, 3.63) is 23.7 Å². The second-order valence-electron chi connectivity index (χ2n) is 2.06. The molecule has 1 aliphatic heterocycles. The largest absolute Gasteiger partial charge is 0.450 e. The van der Waals surface area contributed by atoms with E-state index in [1.165, 1.54) is 0 Å². The average molecular weight is 124 g/mol. The maximum Gasteiger partial charge on any atom is 0.165 e. The van der Waals surface area contributed by atoms with Crippen LogP contribution in [0.5, 0.6) is 0 Å². The van der Waals surface area contributed by atoms with Crippen LogP contribution >= 0.6 is 0 Å². The fourth-order valence-corrected chi connectivity index (χ4v) is 0.748. The van der Waals surface area contributed by atoms with Gasteiger partial charge in [0.1, 0.15) is 0 Å². The molecule has 9 heavy (non-hydrogen) atoms. The molecule has 1 rings (SSSR count). The van der Waals surface area contributed by atoms with Crippen LogP contribution in [0.3, 0.4) is 0 Å². The summed E-state index contributed by atoms with van der Waals surface area (Å²) in [4.78, 5) is 0. The van der Waals surface area contributed by atoms with Gasteiger partial charge in [0, 0.05) is 0 Å². The van der Waals surface area contributed by atoms with Crippen molar-refractivity contribution in [2.24, 2.45) is 0 Å². The number of allylic oxidation sites excluding steroid dienone is 2. The zero-order chi connectivity index (χ0) is 6.69. The van der Waals surface area contributed by atoms with Gasteiger partial charge in [-0.1, -0.05) is 13.8 Å². The van der Waals surface area contributed by atoms with Crippen LogP contribution in [-0.2, 0) is 4.74 Å². The van der Waals surface area contributed by atoms with Gasteiger partial charge in [0.25, 0.3) is 0 Å². The Morgan fingerprint density at radius 2 is 1.56 bits per heavy atom. The molecule has 0 aromatic rings. The Kier molecular flexibility index (Phi) is 1.93. The van der Waals surface area contributed by atoms with Gasteiger partial charge in [0.2, 0.25) is 0 Å². The average Bonchev–Trinajstić information content (AvgIpc) is 2.50. The Morgan fingerprint density at radius 1 is 1.11 bits per heavy atom. The van der Waals surface area contributed by atoms with Crippen LogP contribution in [0, 0.1) is 0 Å². The van der Waals surface area contributed by atoms with Crippen molar-refractivity contribution in [3.63, 3.8) is 0 Å². The molecule has 0 aromatic carbocycles. The van der Waals surface area contributed by atoms with Gasteiger partial charge >= 0.3 is 0 Å². The van der Waals surface area contributed by atoms with Gasteiger partial charge in [0.05, 0.1) is 0 Å². The zero-order valence-electron chi connectivity index (χ0n) is 5.98. The van der Waals surface area contributed by atoms with Crippen LogP contribution in [0.15, 0.2) is 23.7 Å². The molecule has 1 saturated heterocycles. The molecule has 0 aromatic heterocycles. The monoisotopic (exact) mass is 124 g/mol. The van der Waals surface area contributed by atoms with E-state index in [0.717, 1.165) is 24.4 Å². The quantitative estimate of drug-likeness (QED) is 0.515. The van der Waals surface area contributed by atoms with Crippen molar-refractivity contribution in [1.82, 2.24) is 0 Å². The summed E-state index contributed by atoms with van der Waals surface area (Å²) in [5, 5.41) is 0. The summed E-state index contributed by atoms with van der Waals surface area (Å²) in [6.07, 6.45) is 6.33. The molecule has 1 heterocycles. The lowest BCUT2D eigenvalue weighted by atomic mass is 10.3. The molecule has 1 heteroatoms. The van der Waals surface area contributed by atoms with Gasteiger partial charge in [-0.15, -0.1) is 0 Å². The molecule has 1 nitrogen and oxygen atoms in total. The standard InChI is InChI=1S/C8H12O/c1-3-5-7-8(9-7)6-4-2/h5-6H,3-4H2,1-2H3. The molecule has 0 amide bonds. The molecule has 0 atom stereocenters. The highest BCUT2D eigenvalue weighted by Crippen LogP contribution is 2.32. The maximum absolute atomic E-state index is 5.12. The first-order chi connectivity index (χ1) is 4.38. The van der Waals surface area contributed by atoms with Crippen LogP contribution in [0.2, 0.25) is 0 Å². The number of hydrogen-bond acceptors (Lipinski definition) is 1. The van der Waals surface area contributed by atoms with E-state index in [-0.39, 0.29) is 0 Å². The summed E-state index contributed by atoms with van der Waals surface area (Å²) in [5.41, 5.74) is 0. The molecule has 0 N–H and O–H groups in total. The summed E-state index contributed by atoms with van der Waals surface area (Å²) in [6, 6.07) is 0. The van der Waals surface area contributed by atoms with Gasteiger partial charge in [-0.2, -0.15) is 0 Å². The van der Waals surface area contributed by atoms with E-state index in [9.17, 15) is 0 Å². The molecule has 50 valence electrons. The van der Waals surface area contributed by atoms with Gasteiger partial charge in [0.15, 0.2) is 11.5 Å². The molecule has 0 unspecified atom stereocenters. The van der Waals surface area contributed by atoms with E-state index in [4.69, 9.17) is 4.74 Å². The van der Waals surface area contributed by atoms with Crippen molar-refractivity contribution in [2.45, 2.75) is 26.7 Å². The molecule has 0 radical (unpaired) electrons. The molecule has 0 spiro atoms. The molecule has 1 fully saturated rings. The van der Waals surface area contributed by atoms with E-state index in [2.05, 4.69) is 26.0 Å². The summed E-state index contributed by atoms with van der Waals surface area (Å²) in [6.45, 7) is 4.22. The van der Waals surface area contributed by atoms with Crippen LogP contribution in [0.25, 0.3) is 0 Å². The topological polar surface area (TPSA) is 12.5 Å². The Morgan fingerprint density at radius 3 is 1.89 bits per heavy atom.